The molecule has 0 bridgehead atoms. The molecule has 6 nitrogen and oxygen atoms in total. The Morgan fingerprint density at radius 2 is 1.93 bits per heavy atom. The van der Waals surface area contributed by atoms with Gasteiger partial charge < -0.3 is 14.6 Å². The number of nitrogens with one attached hydrogen (secondary N) is 1. The molecule has 0 saturated heterocycles. The summed E-state index contributed by atoms with van der Waals surface area (Å²) in [6.45, 7) is 4.10. The van der Waals surface area contributed by atoms with Gasteiger partial charge in [0.25, 0.3) is 5.56 Å². The summed E-state index contributed by atoms with van der Waals surface area (Å²) >= 11 is 0. The van der Waals surface area contributed by atoms with Crippen LogP contribution >= 0.6 is 0 Å². The van der Waals surface area contributed by atoms with E-state index >= 15 is 0 Å². The molecule has 0 atom stereocenters. The zero-order valence-corrected chi connectivity index (χ0v) is 16.8. The van der Waals surface area contributed by atoms with Crippen LogP contribution in [-0.4, -0.2) is 15.5 Å². The van der Waals surface area contributed by atoms with Gasteiger partial charge in [-0.2, -0.15) is 0 Å². The van der Waals surface area contributed by atoms with E-state index in [0.717, 1.165) is 33.6 Å². The molecule has 6 heteroatoms. The Balaban J connectivity index is 1.74. The Morgan fingerprint density at radius 3 is 2.66 bits per heavy atom. The van der Waals surface area contributed by atoms with Crippen molar-refractivity contribution in [2.45, 2.75) is 33.3 Å². The molecular weight excluding hydrogens is 366 g/mol. The smallest absolute Gasteiger partial charge is 0.253 e. The Kier molecular flexibility index (Phi) is 4.92. The first-order valence-corrected chi connectivity index (χ1v) is 9.59. The highest BCUT2D eigenvalue weighted by molar-refractivity contribution is 5.96. The number of ether oxygens (including phenoxy) is 1. The molecule has 0 spiro atoms. The van der Waals surface area contributed by atoms with E-state index in [1.165, 1.54) is 0 Å². The molecule has 1 aromatic carbocycles. The Labute approximate surface area is 169 Å². The maximum atomic E-state index is 12.1. The molecule has 1 aliphatic heterocycles. The maximum Gasteiger partial charge on any atom is 0.253 e. The molecule has 0 radical (unpaired) electrons. The number of anilines is 1. The fraction of sp³-hybridized carbons (Fsp3) is 0.261. The minimum absolute atomic E-state index is 0.0125. The zero-order chi connectivity index (χ0) is 20.5. The van der Waals surface area contributed by atoms with Gasteiger partial charge in [0, 0.05) is 31.4 Å². The molecule has 0 fully saturated rings. The summed E-state index contributed by atoms with van der Waals surface area (Å²) < 4.78 is 7.67. The van der Waals surface area contributed by atoms with Crippen LogP contribution in [0.4, 0.5) is 5.69 Å². The van der Waals surface area contributed by atoms with Crippen molar-refractivity contribution >= 4 is 11.6 Å². The summed E-state index contributed by atoms with van der Waals surface area (Å²) in [5.74, 6) is 0.598. The number of aryl methyl sites for hydroxylation is 4. The second kappa shape index (κ2) is 7.54. The number of pyridine rings is 2. The predicted molar refractivity (Wildman–Crippen MR) is 112 cm³/mol. The van der Waals surface area contributed by atoms with E-state index in [9.17, 15) is 9.59 Å². The van der Waals surface area contributed by atoms with Gasteiger partial charge in [-0.15, -0.1) is 0 Å². The second-order valence-corrected chi connectivity index (χ2v) is 7.50. The molecule has 1 aliphatic rings. The number of rotatable bonds is 4. The fourth-order valence-electron chi connectivity index (χ4n) is 3.51. The molecular formula is C23H23N3O3. The Bertz CT molecular complexity index is 1120. The van der Waals surface area contributed by atoms with Crippen LogP contribution in [0.2, 0.25) is 0 Å². The minimum Gasteiger partial charge on any atom is -0.485 e. The number of hydrogen-bond donors (Lipinski definition) is 1. The van der Waals surface area contributed by atoms with E-state index in [0.29, 0.717) is 30.8 Å². The van der Waals surface area contributed by atoms with Crippen LogP contribution < -0.4 is 15.6 Å². The molecule has 0 unspecified atom stereocenters. The molecule has 148 valence electrons. The Hall–Kier alpha value is -3.41. The summed E-state index contributed by atoms with van der Waals surface area (Å²) in [4.78, 5) is 28.4. The third-order valence-electron chi connectivity index (χ3n) is 5.11. The number of carbonyl (C=O) groups is 1. The summed E-state index contributed by atoms with van der Waals surface area (Å²) in [5.41, 5.74) is 6.20. The quantitative estimate of drug-likeness (QED) is 0.741. The van der Waals surface area contributed by atoms with Crippen molar-refractivity contribution in [1.29, 1.82) is 0 Å². The molecule has 3 aromatic rings. The first-order valence-electron chi connectivity index (χ1n) is 9.59. The first kappa shape index (κ1) is 18.9. The lowest BCUT2D eigenvalue weighted by molar-refractivity contribution is -0.116. The molecule has 0 aliphatic carbocycles. The molecule has 3 heterocycles. The van der Waals surface area contributed by atoms with Crippen LogP contribution in [0, 0.1) is 13.8 Å². The van der Waals surface area contributed by atoms with Crippen LogP contribution in [0.15, 0.2) is 47.5 Å². The average molecular weight is 389 g/mol. The van der Waals surface area contributed by atoms with Crippen LogP contribution in [0.5, 0.6) is 5.75 Å². The van der Waals surface area contributed by atoms with Crippen molar-refractivity contribution in [2.75, 3.05) is 5.32 Å². The number of aromatic nitrogens is 2. The van der Waals surface area contributed by atoms with Crippen molar-refractivity contribution in [2.24, 2.45) is 7.05 Å². The van der Waals surface area contributed by atoms with Gasteiger partial charge >= 0.3 is 0 Å². The maximum absolute atomic E-state index is 12.1. The largest absolute Gasteiger partial charge is 0.485 e. The van der Waals surface area contributed by atoms with Gasteiger partial charge in [0.1, 0.15) is 12.4 Å². The van der Waals surface area contributed by atoms with E-state index in [1.54, 1.807) is 17.8 Å². The number of hydrogen-bond acceptors (Lipinski definition) is 4. The van der Waals surface area contributed by atoms with Crippen molar-refractivity contribution in [3.05, 3.63) is 75.5 Å². The number of benzene rings is 1. The number of nitrogens with zero attached hydrogens (tertiary/aromatic N) is 2. The average Bonchev–Trinajstić information content (AvgIpc) is 2.71. The van der Waals surface area contributed by atoms with Gasteiger partial charge in [-0.25, -0.2) is 0 Å². The van der Waals surface area contributed by atoms with Gasteiger partial charge in [-0.3, -0.25) is 14.6 Å². The normalized spacial score (nSPS) is 13.0. The monoisotopic (exact) mass is 389 g/mol. The molecule has 2 aromatic heterocycles. The third-order valence-corrected chi connectivity index (χ3v) is 5.11. The lowest BCUT2D eigenvalue weighted by Gasteiger charge is -2.22. The topological polar surface area (TPSA) is 73.2 Å². The van der Waals surface area contributed by atoms with Crippen LogP contribution in [-0.2, 0) is 24.9 Å². The van der Waals surface area contributed by atoms with Crippen LogP contribution in [0.1, 0.15) is 28.8 Å². The van der Waals surface area contributed by atoms with Crippen LogP contribution in [0.25, 0.3) is 11.1 Å². The number of fused-ring (bicyclic) bond motifs is 1. The lowest BCUT2D eigenvalue weighted by Crippen LogP contribution is -2.20. The minimum atomic E-state index is -0.0131. The summed E-state index contributed by atoms with van der Waals surface area (Å²) in [7, 11) is 1.75. The van der Waals surface area contributed by atoms with E-state index < -0.39 is 0 Å². The van der Waals surface area contributed by atoms with Crippen molar-refractivity contribution in [3.63, 3.8) is 0 Å². The first-order chi connectivity index (χ1) is 13.9. The summed E-state index contributed by atoms with van der Waals surface area (Å²) in [6, 6.07) is 9.78. The van der Waals surface area contributed by atoms with Crippen LogP contribution in [0.3, 0.4) is 0 Å². The molecule has 4 rings (SSSR count). The highest BCUT2D eigenvalue weighted by Gasteiger charge is 2.21. The van der Waals surface area contributed by atoms with E-state index in [-0.39, 0.29) is 11.5 Å². The molecule has 1 amide bonds. The third kappa shape index (κ3) is 3.92. The SMILES string of the molecule is Cc1ccc(COc2cc(-c3cc(C)c(=O)n(C)c3)cc3c2NC(=O)CC3)nc1. The fourth-order valence-corrected chi connectivity index (χ4v) is 3.51. The predicted octanol–water partition coefficient (Wildman–Crippen LogP) is 3.53. The molecule has 0 saturated carbocycles. The van der Waals surface area contributed by atoms with Gasteiger partial charge in [0.2, 0.25) is 5.91 Å². The number of carbonyl (C=O) groups excluding carboxylic acids is 1. The Morgan fingerprint density at radius 1 is 1.10 bits per heavy atom. The highest BCUT2D eigenvalue weighted by atomic mass is 16.5. The van der Waals surface area contributed by atoms with Gasteiger partial charge in [0.05, 0.1) is 11.4 Å². The van der Waals surface area contributed by atoms with Crippen molar-refractivity contribution < 1.29 is 9.53 Å². The highest BCUT2D eigenvalue weighted by Crippen LogP contribution is 2.37. The van der Waals surface area contributed by atoms with Gasteiger partial charge in [-0.05, 0) is 66.8 Å². The second-order valence-electron chi connectivity index (χ2n) is 7.50. The summed E-state index contributed by atoms with van der Waals surface area (Å²) in [5, 5.41) is 2.94. The summed E-state index contributed by atoms with van der Waals surface area (Å²) in [6.07, 6.45) is 4.73. The molecule has 1 N–H and O–H groups in total. The van der Waals surface area contributed by atoms with E-state index in [4.69, 9.17) is 4.74 Å². The van der Waals surface area contributed by atoms with Gasteiger partial charge in [-0.1, -0.05) is 6.07 Å². The van der Waals surface area contributed by atoms with Gasteiger partial charge in [0.15, 0.2) is 0 Å². The number of amides is 1. The van der Waals surface area contributed by atoms with Crippen molar-refractivity contribution in [1.82, 2.24) is 9.55 Å². The molecule has 29 heavy (non-hydrogen) atoms. The standard InChI is InChI=1S/C23H23N3O3/c1-14-4-6-19(24-11-14)13-29-20-10-17(9-16-5-7-21(27)25-22(16)20)18-8-15(2)23(28)26(3)12-18/h4,6,8-12H,5,7,13H2,1-3H3,(H,25,27). The lowest BCUT2D eigenvalue weighted by atomic mass is 9.96. The zero-order valence-electron chi connectivity index (χ0n) is 16.8. The van der Waals surface area contributed by atoms with E-state index in [2.05, 4.69) is 16.4 Å². The van der Waals surface area contributed by atoms with E-state index in [1.807, 2.05) is 44.3 Å². The van der Waals surface area contributed by atoms with Crippen molar-refractivity contribution in [3.8, 4) is 16.9 Å².